The van der Waals surface area contributed by atoms with Gasteiger partial charge in [0.15, 0.2) is 0 Å². The lowest BCUT2D eigenvalue weighted by molar-refractivity contribution is -0.136. The van der Waals surface area contributed by atoms with E-state index in [-0.39, 0.29) is 6.42 Å². The maximum atomic E-state index is 10.9. The SMILES string of the molecule is O=C(O)CCc1cc2ccccc2cc1-c1ccccc1. The molecule has 0 atom stereocenters. The molecule has 0 fully saturated rings. The fourth-order valence-corrected chi connectivity index (χ4v) is 2.62. The largest absolute Gasteiger partial charge is 0.481 e. The molecule has 0 unspecified atom stereocenters. The average Bonchev–Trinajstić information content (AvgIpc) is 2.53. The summed E-state index contributed by atoms with van der Waals surface area (Å²) in [4.78, 5) is 10.9. The van der Waals surface area contributed by atoms with E-state index >= 15 is 0 Å². The van der Waals surface area contributed by atoms with Gasteiger partial charge in [0.25, 0.3) is 0 Å². The number of hydrogen-bond acceptors (Lipinski definition) is 1. The molecule has 2 heteroatoms. The third kappa shape index (κ3) is 2.95. The summed E-state index contributed by atoms with van der Waals surface area (Å²) in [5, 5.41) is 11.3. The van der Waals surface area contributed by atoms with Crippen molar-refractivity contribution in [3.63, 3.8) is 0 Å². The molecule has 0 aliphatic carbocycles. The fraction of sp³-hybridized carbons (Fsp3) is 0.105. The molecular formula is C19H16O2. The Bertz CT molecular complexity index is 776. The van der Waals surface area contributed by atoms with Gasteiger partial charge in [0.1, 0.15) is 0 Å². The molecule has 0 saturated heterocycles. The molecule has 104 valence electrons. The Kier molecular flexibility index (Phi) is 3.69. The first-order chi connectivity index (χ1) is 10.2. The number of aryl methyl sites for hydroxylation is 1. The molecule has 3 aromatic rings. The number of rotatable bonds is 4. The van der Waals surface area contributed by atoms with Gasteiger partial charge in [-0.1, -0.05) is 60.7 Å². The molecule has 0 spiro atoms. The number of hydrogen-bond donors (Lipinski definition) is 1. The lowest BCUT2D eigenvalue weighted by Crippen LogP contribution is -1.99. The van der Waals surface area contributed by atoms with Gasteiger partial charge in [0.2, 0.25) is 0 Å². The zero-order valence-electron chi connectivity index (χ0n) is 11.6. The highest BCUT2D eigenvalue weighted by Crippen LogP contribution is 2.29. The smallest absolute Gasteiger partial charge is 0.303 e. The van der Waals surface area contributed by atoms with Gasteiger partial charge in [-0.25, -0.2) is 0 Å². The van der Waals surface area contributed by atoms with E-state index in [1.54, 1.807) is 0 Å². The zero-order chi connectivity index (χ0) is 14.7. The van der Waals surface area contributed by atoms with Crippen LogP contribution < -0.4 is 0 Å². The van der Waals surface area contributed by atoms with Gasteiger partial charge in [-0.15, -0.1) is 0 Å². The molecule has 0 bridgehead atoms. The Morgan fingerprint density at radius 3 is 2.14 bits per heavy atom. The van der Waals surface area contributed by atoms with Gasteiger partial charge in [-0.05, 0) is 39.9 Å². The van der Waals surface area contributed by atoms with Gasteiger partial charge in [0.05, 0.1) is 0 Å². The van der Waals surface area contributed by atoms with Crippen molar-refractivity contribution in [2.75, 3.05) is 0 Å². The Labute approximate surface area is 123 Å². The summed E-state index contributed by atoms with van der Waals surface area (Å²) >= 11 is 0. The average molecular weight is 276 g/mol. The van der Waals surface area contributed by atoms with Crippen molar-refractivity contribution in [3.05, 3.63) is 72.3 Å². The minimum Gasteiger partial charge on any atom is -0.481 e. The molecule has 0 aliphatic rings. The number of carboxylic acid groups (broad SMARTS) is 1. The summed E-state index contributed by atoms with van der Waals surface area (Å²) in [5.74, 6) is -0.762. The van der Waals surface area contributed by atoms with Crippen LogP contribution in [0.5, 0.6) is 0 Å². The lowest BCUT2D eigenvalue weighted by Gasteiger charge is -2.11. The van der Waals surface area contributed by atoms with Gasteiger partial charge in [-0.2, -0.15) is 0 Å². The number of aliphatic carboxylic acids is 1. The first-order valence-corrected chi connectivity index (χ1v) is 7.03. The highest BCUT2D eigenvalue weighted by molar-refractivity contribution is 5.89. The van der Waals surface area contributed by atoms with Crippen LogP contribution in [0, 0.1) is 0 Å². The third-order valence-electron chi connectivity index (χ3n) is 3.66. The molecule has 0 aromatic heterocycles. The normalized spacial score (nSPS) is 10.7. The van der Waals surface area contributed by atoms with E-state index in [1.165, 1.54) is 5.39 Å². The zero-order valence-corrected chi connectivity index (χ0v) is 11.6. The molecule has 3 rings (SSSR count). The molecule has 0 amide bonds. The van der Waals surface area contributed by atoms with Crippen molar-refractivity contribution in [3.8, 4) is 11.1 Å². The third-order valence-corrected chi connectivity index (χ3v) is 3.66. The number of benzene rings is 3. The Morgan fingerprint density at radius 2 is 1.48 bits per heavy atom. The van der Waals surface area contributed by atoms with Crippen molar-refractivity contribution in [1.82, 2.24) is 0 Å². The van der Waals surface area contributed by atoms with E-state index in [2.05, 4.69) is 36.4 Å². The van der Waals surface area contributed by atoms with Gasteiger partial charge >= 0.3 is 5.97 Å². The van der Waals surface area contributed by atoms with Crippen LogP contribution in [0.2, 0.25) is 0 Å². The van der Waals surface area contributed by atoms with Gasteiger partial charge in [0, 0.05) is 6.42 Å². The van der Waals surface area contributed by atoms with Crippen LogP contribution in [0.25, 0.3) is 21.9 Å². The maximum absolute atomic E-state index is 10.9. The molecule has 3 aromatic carbocycles. The summed E-state index contributed by atoms with van der Waals surface area (Å²) in [6.45, 7) is 0. The van der Waals surface area contributed by atoms with E-state index in [0.717, 1.165) is 22.1 Å². The van der Waals surface area contributed by atoms with E-state index in [4.69, 9.17) is 5.11 Å². The van der Waals surface area contributed by atoms with Crippen LogP contribution in [0.4, 0.5) is 0 Å². The summed E-state index contributed by atoms with van der Waals surface area (Å²) in [6.07, 6.45) is 0.697. The molecular weight excluding hydrogens is 260 g/mol. The summed E-state index contributed by atoms with van der Waals surface area (Å²) < 4.78 is 0. The van der Waals surface area contributed by atoms with Crippen molar-refractivity contribution in [1.29, 1.82) is 0 Å². The van der Waals surface area contributed by atoms with Crippen molar-refractivity contribution in [2.24, 2.45) is 0 Å². The minimum atomic E-state index is -0.762. The number of carbonyl (C=O) groups is 1. The van der Waals surface area contributed by atoms with Crippen LogP contribution >= 0.6 is 0 Å². The van der Waals surface area contributed by atoms with E-state index in [9.17, 15) is 4.79 Å². The molecule has 0 aliphatic heterocycles. The fourth-order valence-electron chi connectivity index (χ4n) is 2.62. The Hall–Kier alpha value is -2.61. The van der Waals surface area contributed by atoms with Crippen LogP contribution in [0.15, 0.2) is 66.7 Å². The standard InChI is InChI=1S/C19H16O2/c20-19(21)11-10-17-12-15-8-4-5-9-16(15)13-18(17)14-6-2-1-3-7-14/h1-9,12-13H,10-11H2,(H,20,21). The van der Waals surface area contributed by atoms with Gasteiger partial charge < -0.3 is 5.11 Å². The summed E-state index contributed by atoms with van der Waals surface area (Å²) in [5.41, 5.74) is 3.33. The van der Waals surface area contributed by atoms with E-state index < -0.39 is 5.97 Å². The van der Waals surface area contributed by atoms with Crippen LogP contribution in [-0.4, -0.2) is 11.1 Å². The Morgan fingerprint density at radius 1 is 0.857 bits per heavy atom. The predicted octanol–water partition coefficient (Wildman–Crippen LogP) is 4.52. The Balaban J connectivity index is 2.14. The van der Waals surface area contributed by atoms with Crippen LogP contribution in [0.3, 0.4) is 0 Å². The minimum absolute atomic E-state index is 0.151. The van der Waals surface area contributed by atoms with Crippen molar-refractivity contribution in [2.45, 2.75) is 12.8 Å². The monoisotopic (exact) mass is 276 g/mol. The first kappa shape index (κ1) is 13.4. The topological polar surface area (TPSA) is 37.3 Å². The number of carboxylic acids is 1. The van der Waals surface area contributed by atoms with Crippen LogP contribution in [-0.2, 0) is 11.2 Å². The van der Waals surface area contributed by atoms with Crippen molar-refractivity contribution < 1.29 is 9.90 Å². The molecule has 0 heterocycles. The highest BCUT2D eigenvalue weighted by Gasteiger charge is 2.09. The number of fused-ring (bicyclic) bond motifs is 1. The summed E-state index contributed by atoms with van der Waals surface area (Å²) in [7, 11) is 0. The molecule has 2 nitrogen and oxygen atoms in total. The van der Waals surface area contributed by atoms with Crippen LogP contribution in [0.1, 0.15) is 12.0 Å². The summed E-state index contributed by atoms with van der Waals surface area (Å²) in [6, 6.07) is 22.6. The van der Waals surface area contributed by atoms with E-state index in [0.29, 0.717) is 6.42 Å². The first-order valence-electron chi connectivity index (χ1n) is 7.03. The quantitative estimate of drug-likeness (QED) is 0.760. The second kappa shape index (κ2) is 5.80. The molecule has 21 heavy (non-hydrogen) atoms. The van der Waals surface area contributed by atoms with Crippen molar-refractivity contribution >= 4 is 16.7 Å². The molecule has 0 saturated carbocycles. The maximum Gasteiger partial charge on any atom is 0.303 e. The molecule has 1 N–H and O–H groups in total. The van der Waals surface area contributed by atoms with Gasteiger partial charge in [-0.3, -0.25) is 4.79 Å². The molecule has 0 radical (unpaired) electrons. The predicted molar refractivity (Wildman–Crippen MR) is 85.3 cm³/mol. The van der Waals surface area contributed by atoms with E-state index in [1.807, 2.05) is 30.3 Å². The second-order valence-corrected chi connectivity index (χ2v) is 5.12. The lowest BCUT2D eigenvalue weighted by atomic mass is 9.93. The highest BCUT2D eigenvalue weighted by atomic mass is 16.4. The second-order valence-electron chi connectivity index (χ2n) is 5.12.